The first kappa shape index (κ1) is 28.1. The zero-order chi connectivity index (χ0) is 33.9. The number of nitrogens with zero attached hydrogens (tertiary/aromatic N) is 3. The number of thiophene rings is 1. The first-order chi connectivity index (χ1) is 25.8. The summed E-state index contributed by atoms with van der Waals surface area (Å²) in [6.07, 6.45) is 0. The van der Waals surface area contributed by atoms with Crippen LogP contribution in [0.3, 0.4) is 0 Å². The quantitative estimate of drug-likeness (QED) is 0.177. The standard InChI is InChI=1S/C48H29N3S/c1-2-12-30(13-3-1)49-40-18-8-5-15-34(40)38-28-32(22-25-43(38)49)51-41-19-9-4-14-33(41)36-24-26-44-47(48(36)51)37-17-6-10-20-42(37)50(44)31-23-27-46-39(29-31)35-16-7-11-21-45(35)52-46/h1-29H. The summed E-state index contributed by atoms with van der Waals surface area (Å²) < 4.78 is 10.0. The molecule has 52 heavy (non-hydrogen) atoms. The number of aromatic nitrogens is 3. The van der Waals surface area contributed by atoms with Crippen LogP contribution in [0.1, 0.15) is 0 Å². The predicted octanol–water partition coefficient (Wildman–Crippen LogP) is 13.3. The average molecular weight is 680 g/mol. The van der Waals surface area contributed by atoms with Crippen LogP contribution in [0.15, 0.2) is 176 Å². The number of para-hydroxylation sites is 4. The van der Waals surface area contributed by atoms with Crippen molar-refractivity contribution < 1.29 is 0 Å². The summed E-state index contributed by atoms with van der Waals surface area (Å²) >= 11 is 1.87. The second-order valence-electron chi connectivity index (χ2n) is 13.7. The van der Waals surface area contributed by atoms with Crippen molar-refractivity contribution in [1.82, 2.24) is 13.7 Å². The van der Waals surface area contributed by atoms with E-state index in [0.717, 1.165) is 5.69 Å². The molecule has 0 fully saturated rings. The molecule has 242 valence electrons. The third kappa shape index (κ3) is 3.74. The van der Waals surface area contributed by atoms with E-state index < -0.39 is 0 Å². The molecule has 0 aliphatic heterocycles. The van der Waals surface area contributed by atoms with Crippen molar-refractivity contribution in [3.05, 3.63) is 176 Å². The minimum atomic E-state index is 1.16. The average Bonchev–Trinajstić information content (AvgIpc) is 3.94. The molecule has 0 aliphatic carbocycles. The summed E-state index contributed by atoms with van der Waals surface area (Å²) in [5, 5.41) is 10.2. The summed E-state index contributed by atoms with van der Waals surface area (Å²) in [5.41, 5.74) is 10.8. The van der Waals surface area contributed by atoms with Gasteiger partial charge in [0.2, 0.25) is 0 Å². The lowest BCUT2D eigenvalue weighted by Gasteiger charge is -2.11. The van der Waals surface area contributed by atoms with E-state index in [2.05, 4.69) is 190 Å². The van der Waals surface area contributed by atoms with Crippen LogP contribution in [0.2, 0.25) is 0 Å². The number of fused-ring (bicyclic) bond motifs is 13. The molecule has 0 unspecified atom stereocenters. The first-order valence-electron chi connectivity index (χ1n) is 17.8. The Hall–Kier alpha value is -6.62. The molecule has 0 bridgehead atoms. The van der Waals surface area contributed by atoms with Crippen LogP contribution in [0.4, 0.5) is 0 Å². The van der Waals surface area contributed by atoms with Crippen LogP contribution >= 0.6 is 11.3 Å². The normalized spacial score (nSPS) is 12.2. The molecule has 12 aromatic rings. The van der Waals surface area contributed by atoms with E-state index in [1.165, 1.54) is 97.0 Å². The number of hydrogen-bond acceptors (Lipinski definition) is 1. The largest absolute Gasteiger partial charge is 0.309 e. The second kappa shape index (κ2) is 10.5. The Kier molecular flexibility index (Phi) is 5.65. The van der Waals surface area contributed by atoms with E-state index in [0.29, 0.717) is 0 Å². The molecule has 0 atom stereocenters. The number of rotatable bonds is 3. The zero-order valence-corrected chi connectivity index (χ0v) is 28.8. The monoisotopic (exact) mass is 679 g/mol. The van der Waals surface area contributed by atoms with Gasteiger partial charge in [0.05, 0.1) is 33.1 Å². The third-order valence-corrected chi connectivity index (χ3v) is 12.2. The molecule has 4 heteroatoms. The molecule has 0 saturated heterocycles. The molecule has 3 nitrogen and oxygen atoms in total. The van der Waals surface area contributed by atoms with Gasteiger partial charge in [-0.1, -0.05) is 97.1 Å². The molecule has 4 aromatic heterocycles. The molecule has 8 aromatic carbocycles. The van der Waals surface area contributed by atoms with Crippen LogP contribution in [-0.4, -0.2) is 13.7 Å². The van der Waals surface area contributed by atoms with E-state index in [-0.39, 0.29) is 0 Å². The van der Waals surface area contributed by atoms with Crippen molar-refractivity contribution in [3.8, 4) is 17.1 Å². The fraction of sp³-hybridized carbons (Fsp3) is 0. The SMILES string of the molecule is c1ccc(-n2c3ccccc3c3cc(-n4c5ccccc5c5ccc6c(c7ccccc7n6-c6ccc7sc8ccccc8c7c6)c54)ccc32)cc1. The van der Waals surface area contributed by atoms with E-state index >= 15 is 0 Å². The van der Waals surface area contributed by atoms with Gasteiger partial charge >= 0.3 is 0 Å². The Labute approximate surface area is 302 Å². The summed E-state index contributed by atoms with van der Waals surface area (Å²) in [6.45, 7) is 0. The topological polar surface area (TPSA) is 14.8 Å². The fourth-order valence-corrected chi connectivity index (χ4v) is 9.95. The number of hydrogen-bond donors (Lipinski definition) is 0. The van der Waals surface area contributed by atoms with Gasteiger partial charge < -0.3 is 13.7 Å². The Balaban J connectivity index is 1.19. The summed E-state index contributed by atoms with van der Waals surface area (Å²) in [7, 11) is 0. The third-order valence-electron chi connectivity index (χ3n) is 11.0. The second-order valence-corrected chi connectivity index (χ2v) is 14.8. The predicted molar refractivity (Wildman–Crippen MR) is 222 cm³/mol. The smallest absolute Gasteiger partial charge is 0.0641 e. The van der Waals surface area contributed by atoms with E-state index in [1.54, 1.807) is 0 Å². The van der Waals surface area contributed by atoms with Crippen LogP contribution in [0.25, 0.3) is 103 Å². The van der Waals surface area contributed by atoms with Crippen molar-refractivity contribution in [2.24, 2.45) is 0 Å². The molecule has 12 rings (SSSR count). The lowest BCUT2D eigenvalue weighted by molar-refractivity contribution is 1.17. The molecule has 0 N–H and O–H groups in total. The van der Waals surface area contributed by atoms with Crippen LogP contribution < -0.4 is 0 Å². The van der Waals surface area contributed by atoms with Gasteiger partial charge in [-0.3, -0.25) is 0 Å². The maximum Gasteiger partial charge on any atom is 0.0641 e. The van der Waals surface area contributed by atoms with Crippen molar-refractivity contribution in [3.63, 3.8) is 0 Å². The first-order valence-corrected chi connectivity index (χ1v) is 18.6. The van der Waals surface area contributed by atoms with Crippen molar-refractivity contribution in [2.45, 2.75) is 0 Å². The Morgan fingerprint density at radius 2 is 0.808 bits per heavy atom. The maximum absolute atomic E-state index is 2.51. The minimum absolute atomic E-state index is 1.16. The lowest BCUT2D eigenvalue weighted by atomic mass is 10.1. The van der Waals surface area contributed by atoms with Crippen LogP contribution in [-0.2, 0) is 0 Å². The van der Waals surface area contributed by atoms with E-state index in [9.17, 15) is 0 Å². The molecule has 0 spiro atoms. The van der Waals surface area contributed by atoms with Crippen LogP contribution in [0, 0.1) is 0 Å². The minimum Gasteiger partial charge on any atom is -0.309 e. The van der Waals surface area contributed by atoms with Gasteiger partial charge in [-0.15, -0.1) is 11.3 Å². The van der Waals surface area contributed by atoms with Gasteiger partial charge in [0, 0.05) is 69.6 Å². The Morgan fingerprint density at radius 1 is 0.288 bits per heavy atom. The van der Waals surface area contributed by atoms with Gasteiger partial charge in [0.15, 0.2) is 0 Å². The highest BCUT2D eigenvalue weighted by Crippen LogP contribution is 2.44. The van der Waals surface area contributed by atoms with Crippen LogP contribution in [0.5, 0.6) is 0 Å². The van der Waals surface area contributed by atoms with Gasteiger partial charge in [0.1, 0.15) is 0 Å². The molecule has 0 aliphatic rings. The maximum atomic E-state index is 2.51. The fourth-order valence-electron chi connectivity index (χ4n) is 8.86. The van der Waals surface area contributed by atoms with E-state index in [4.69, 9.17) is 0 Å². The molecule has 0 saturated carbocycles. The highest BCUT2D eigenvalue weighted by atomic mass is 32.1. The summed E-state index contributed by atoms with van der Waals surface area (Å²) in [4.78, 5) is 0. The van der Waals surface area contributed by atoms with Gasteiger partial charge in [-0.25, -0.2) is 0 Å². The van der Waals surface area contributed by atoms with E-state index in [1.807, 2.05) is 11.3 Å². The van der Waals surface area contributed by atoms with Crippen molar-refractivity contribution in [1.29, 1.82) is 0 Å². The molecular formula is C48H29N3S. The number of benzene rings is 8. The highest BCUT2D eigenvalue weighted by Gasteiger charge is 2.22. The van der Waals surface area contributed by atoms with Crippen molar-refractivity contribution >= 4 is 96.9 Å². The zero-order valence-electron chi connectivity index (χ0n) is 28.0. The molecular weight excluding hydrogens is 651 g/mol. The Morgan fingerprint density at radius 3 is 1.62 bits per heavy atom. The molecule has 0 radical (unpaired) electrons. The Bertz CT molecular complexity index is 3410. The van der Waals surface area contributed by atoms with Gasteiger partial charge in [-0.05, 0) is 78.9 Å². The molecule has 0 amide bonds. The van der Waals surface area contributed by atoms with Gasteiger partial charge in [0.25, 0.3) is 0 Å². The highest BCUT2D eigenvalue weighted by molar-refractivity contribution is 7.25. The molecule has 4 heterocycles. The summed E-state index contributed by atoms with van der Waals surface area (Å²) in [5.74, 6) is 0. The van der Waals surface area contributed by atoms with Gasteiger partial charge in [-0.2, -0.15) is 0 Å². The lowest BCUT2D eigenvalue weighted by Crippen LogP contribution is -1.96. The summed E-state index contributed by atoms with van der Waals surface area (Å²) in [6, 6.07) is 64.7. The van der Waals surface area contributed by atoms with Crippen molar-refractivity contribution in [2.75, 3.05) is 0 Å².